The van der Waals surface area contributed by atoms with Crippen molar-refractivity contribution in [3.63, 3.8) is 0 Å². The van der Waals surface area contributed by atoms with Crippen molar-refractivity contribution in [1.29, 1.82) is 0 Å². The van der Waals surface area contributed by atoms with Crippen molar-refractivity contribution in [3.8, 4) is 0 Å². The molecule has 3 heteroatoms. The third-order valence-corrected chi connectivity index (χ3v) is 2.02. The summed E-state index contributed by atoms with van der Waals surface area (Å²) in [5.74, 6) is 0.347. The Hall–Kier alpha value is -0.150. The number of nitrogens with one attached hydrogen (secondary N) is 1. The zero-order chi connectivity index (χ0) is 7.56. The number of alkyl halides is 1. The van der Waals surface area contributed by atoms with Gasteiger partial charge in [0.1, 0.15) is 0 Å². The van der Waals surface area contributed by atoms with E-state index >= 15 is 0 Å². The first-order valence-electron chi connectivity index (χ1n) is 3.80. The minimum Gasteiger partial charge on any atom is -0.326 e. The fourth-order valence-electron chi connectivity index (χ4n) is 1.43. The van der Waals surface area contributed by atoms with E-state index in [1.807, 2.05) is 0 Å². The fraction of sp³-hybridized carbons (Fsp3) is 1.00. The molecular formula is C7H15FN2. The molecule has 3 N–H and O–H groups in total. The lowest BCUT2D eigenvalue weighted by Crippen LogP contribution is -2.30. The van der Waals surface area contributed by atoms with Crippen LogP contribution in [0.2, 0.25) is 0 Å². The number of hydrogen-bond donors (Lipinski definition) is 2. The van der Waals surface area contributed by atoms with Crippen molar-refractivity contribution in [2.75, 3.05) is 13.1 Å². The van der Waals surface area contributed by atoms with Gasteiger partial charge in [-0.1, -0.05) is 0 Å². The highest BCUT2D eigenvalue weighted by molar-refractivity contribution is 4.84. The number of hydrogen-bond acceptors (Lipinski definition) is 2. The van der Waals surface area contributed by atoms with Gasteiger partial charge < -0.3 is 11.1 Å². The van der Waals surface area contributed by atoms with E-state index in [9.17, 15) is 4.39 Å². The van der Waals surface area contributed by atoms with E-state index in [2.05, 4.69) is 5.32 Å². The standard InChI is InChI=1S/C7H15FN2/c1-5(8)2-6-3-10-4-7(6)9/h5-7,10H,2-4,9H2,1H3. The Kier molecular flexibility index (Phi) is 2.63. The van der Waals surface area contributed by atoms with E-state index in [1.165, 1.54) is 0 Å². The molecule has 60 valence electrons. The summed E-state index contributed by atoms with van der Waals surface area (Å²) in [6, 6.07) is 0.165. The average Bonchev–Trinajstić information content (AvgIpc) is 2.15. The molecule has 2 nitrogen and oxygen atoms in total. The Labute approximate surface area is 61.0 Å². The van der Waals surface area contributed by atoms with Gasteiger partial charge >= 0.3 is 0 Å². The molecule has 0 aliphatic carbocycles. The zero-order valence-corrected chi connectivity index (χ0v) is 6.31. The lowest BCUT2D eigenvalue weighted by atomic mass is 9.98. The Morgan fingerprint density at radius 1 is 1.70 bits per heavy atom. The summed E-state index contributed by atoms with van der Waals surface area (Å²) in [4.78, 5) is 0. The lowest BCUT2D eigenvalue weighted by Gasteiger charge is -2.13. The Morgan fingerprint density at radius 3 is 2.80 bits per heavy atom. The SMILES string of the molecule is CC(F)CC1CNCC1N. The van der Waals surface area contributed by atoms with Crippen molar-refractivity contribution < 1.29 is 4.39 Å². The van der Waals surface area contributed by atoms with Crippen LogP contribution in [0.25, 0.3) is 0 Å². The molecule has 0 radical (unpaired) electrons. The molecule has 1 fully saturated rings. The number of rotatable bonds is 2. The van der Waals surface area contributed by atoms with Gasteiger partial charge in [-0.15, -0.1) is 0 Å². The molecule has 10 heavy (non-hydrogen) atoms. The molecule has 1 aliphatic heterocycles. The van der Waals surface area contributed by atoms with Crippen LogP contribution in [0.15, 0.2) is 0 Å². The van der Waals surface area contributed by atoms with Crippen molar-refractivity contribution >= 4 is 0 Å². The van der Waals surface area contributed by atoms with Gasteiger partial charge in [-0.25, -0.2) is 4.39 Å². The summed E-state index contributed by atoms with van der Waals surface area (Å²) in [5.41, 5.74) is 5.70. The summed E-state index contributed by atoms with van der Waals surface area (Å²) in [7, 11) is 0. The number of nitrogens with two attached hydrogens (primary N) is 1. The summed E-state index contributed by atoms with van der Waals surface area (Å²) in [5, 5.41) is 3.14. The Balaban J connectivity index is 2.26. The monoisotopic (exact) mass is 146 g/mol. The van der Waals surface area contributed by atoms with E-state index in [0.29, 0.717) is 12.3 Å². The van der Waals surface area contributed by atoms with Gasteiger partial charge in [0, 0.05) is 12.6 Å². The second-order valence-corrected chi connectivity index (χ2v) is 3.10. The van der Waals surface area contributed by atoms with E-state index in [-0.39, 0.29) is 6.04 Å². The molecular weight excluding hydrogens is 131 g/mol. The van der Waals surface area contributed by atoms with Crippen LogP contribution in [0, 0.1) is 5.92 Å². The van der Waals surface area contributed by atoms with E-state index < -0.39 is 6.17 Å². The summed E-state index contributed by atoms with van der Waals surface area (Å²) in [6.07, 6.45) is -0.107. The minimum atomic E-state index is -0.712. The molecule has 1 rings (SSSR count). The van der Waals surface area contributed by atoms with Crippen molar-refractivity contribution in [3.05, 3.63) is 0 Å². The van der Waals surface area contributed by atoms with Crippen molar-refractivity contribution in [1.82, 2.24) is 5.32 Å². The third kappa shape index (κ3) is 1.92. The Bertz CT molecular complexity index is 106. The molecule has 0 aromatic rings. The quantitative estimate of drug-likeness (QED) is 0.587. The first-order chi connectivity index (χ1) is 4.70. The van der Waals surface area contributed by atoms with Gasteiger partial charge in [0.25, 0.3) is 0 Å². The van der Waals surface area contributed by atoms with E-state index in [4.69, 9.17) is 5.73 Å². The largest absolute Gasteiger partial charge is 0.326 e. The minimum absolute atomic E-state index is 0.165. The molecule has 3 unspecified atom stereocenters. The lowest BCUT2D eigenvalue weighted by molar-refractivity contribution is 0.286. The molecule has 1 heterocycles. The highest BCUT2D eigenvalue weighted by atomic mass is 19.1. The summed E-state index contributed by atoms with van der Waals surface area (Å²) in [6.45, 7) is 3.32. The summed E-state index contributed by atoms with van der Waals surface area (Å²) >= 11 is 0. The van der Waals surface area contributed by atoms with Crippen LogP contribution < -0.4 is 11.1 Å². The van der Waals surface area contributed by atoms with Gasteiger partial charge in [-0.05, 0) is 25.8 Å². The fourth-order valence-corrected chi connectivity index (χ4v) is 1.43. The molecule has 0 bridgehead atoms. The number of halogens is 1. The van der Waals surface area contributed by atoms with Crippen molar-refractivity contribution in [2.24, 2.45) is 11.7 Å². The van der Waals surface area contributed by atoms with Crippen LogP contribution >= 0.6 is 0 Å². The predicted molar refractivity (Wildman–Crippen MR) is 39.5 cm³/mol. The molecule has 0 spiro atoms. The molecule has 0 aromatic heterocycles. The third-order valence-electron chi connectivity index (χ3n) is 2.02. The average molecular weight is 146 g/mol. The maximum atomic E-state index is 12.4. The molecule has 3 atom stereocenters. The van der Waals surface area contributed by atoms with Crippen LogP contribution in [0.1, 0.15) is 13.3 Å². The first kappa shape index (κ1) is 7.95. The first-order valence-corrected chi connectivity index (χ1v) is 3.80. The van der Waals surface area contributed by atoms with Gasteiger partial charge in [-0.2, -0.15) is 0 Å². The second-order valence-electron chi connectivity index (χ2n) is 3.10. The normalized spacial score (nSPS) is 36.3. The maximum Gasteiger partial charge on any atom is 0.0977 e. The van der Waals surface area contributed by atoms with Gasteiger partial charge in [0.05, 0.1) is 6.17 Å². The molecule has 0 aromatic carbocycles. The van der Waals surface area contributed by atoms with Crippen LogP contribution in [-0.2, 0) is 0 Å². The maximum absolute atomic E-state index is 12.4. The van der Waals surface area contributed by atoms with E-state index in [1.54, 1.807) is 6.92 Å². The smallest absolute Gasteiger partial charge is 0.0977 e. The van der Waals surface area contributed by atoms with Crippen LogP contribution in [0.5, 0.6) is 0 Å². The van der Waals surface area contributed by atoms with Crippen LogP contribution in [-0.4, -0.2) is 25.3 Å². The van der Waals surface area contributed by atoms with E-state index in [0.717, 1.165) is 13.1 Å². The van der Waals surface area contributed by atoms with Crippen LogP contribution in [0.4, 0.5) is 4.39 Å². The summed E-state index contributed by atoms with van der Waals surface area (Å²) < 4.78 is 12.4. The van der Waals surface area contributed by atoms with Gasteiger partial charge in [-0.3, -0.25) is 0 Å². The highest BCUT2D eigenvalue weighted by Crippen LogP contribution is 2.14. The van der Waals surface area contributed by atoms with Gasteiger partial charge in [0.15, 0.2) is 0 Å². The second kappa shape index (κ2) is 3.30. The van der Waals surface area contributed by atoms with Gasteiger partial charge in [0.2, 0.25) is 0 Å². The zero-order valence-electron chi connectivity index (χ0n) is 6.31. The molecule has 1 saturated heterocycles. The van der Waals surface area contributed by atoms with Crippen molar-refractivity contribution in [2.45, 2.75) is 25.6 Å². The predicted octanol–water partition coefficient (Wildman–Crippen LogP) is 0.281. The van der Waals surface area contributed by atoms with Crippen LogP contribution in [0.3, 0.4) is 0 Å². The Morgan fingerprint density at radius 2 is 2.40 bits per heavy atom. The highest BCUT2D eigenvalue weighted by Gasteiger charge is 2.24. The molecule has 0 amide bonds. The topological polar surface area (TPSA) is 38.0 Å². The molecule has 0 saturated carbocycles. The molecule has 1 aliphatic rings.